The first-order chi connectivity index (χ1) is 11.8. The molecule has 1 aromatic carbocycles. The second-order valence-electron chi connectivity index (χ2n) is 6.63. The van der Waals surface area contributed by atoms with Gasteiger partial charge in [0, 0.05) is 24.8 Å². The van der Waals surface area contributed by atoms with E-state index in [4.69, 9.17) is 14.0 Å². The number of hydrogen-bond acceptors (Lipinski definition) is 6. The first-order valence-corrected chi connectivity index (χ1v) is 8.60. The van der Waals surface area contributed by atoms with Gasteiger partial charge in [0.15, 0.2) is 0 Å². The zero-order valence-corrected chi connectivity index (χ0v) is 14.0. The monoisotopic (exact) mass is 329 g/mol. The first-order valence-electron chi connectivity index (χ1n) is 8.60. The third-order valence-electron chi connectivity index (χ3n) is 4.71. The fraction of sp³-hybridized carbons (Fsp3) is 0.556. The standard InChI is InChI=1S/C18H23N3O3/c1-22-16-4-2-3-14(9-16)18-19-17(24-20-18)11-21(15-5-6-15)10-13-7-8-23-12-13/h2-4,9,13,15H,5-8,10-12H2,1H3/t13-/m0/s1. The number of nitrogens with zero attached hydrogens (tertiary/aromatic N) is 3. The van der Waals surface area contributed by atoms with Gasteiger partial charge < -0.3 is 14.0 Å². The molecule has 1 saturated heterocycles. The summed E-state index contributed by atoms with van der Waals surface area (Å²) in [7, 11) is 1.65. The maximum Gasteiger partial charge on any atom is 0.241 e. The van der Waals surface area contributed by atoms with Crippen LogP contribution in [0.25, 0.3) is 11.4 Å². The molecular weight excluding hydrogens is 306 g/mol. The molecule has 2 heterocycles. The number of hydrogen-bond donors (Lipinski definition) is 0. The van der Waals surface area contributed by atoms with Crippen LogP contribution < -0.4 is 4.74 Å². The first kappa shape index (κ1) is 15.6. The Kier molecular flexibility index (Phi) is 4.49. The van der Waals surface area contributed by atoms with Crippen LogP contribution in [0.4, 0.5) is 0 Å². The molecule has 2 fully saturated rings. The normalized spacial score (nSPS) is 20.7. The molecule has 0 amide bonds. The molecule has 24 heavy (non-hydrogen) atoms. The summed E-state index contributed by atoms with van der Waals surface area (Å²) < 4.78 is 16.2. The number of aromatic nitrogens is 2. The molecular formula is C18H23N3O3. The highest BCUT2D eigenvalue weighted by molar-refractivity contribution is 5.56. The van der Waals surface area contributed by atoms with Crippen LogP contribution >= 0.6 is 0 Å². The van der Waals surface area contributed by atoms with Gasteiger partial charge in [-0.25, -0.2) is 0 Å². The average molecular weight is 329 g/mol. The van der Waals surface area contributed by atoms with Gasteiger partial charge in [0.2, 0.25) is 11.7 Å². The molecule has 4 rings (SSSR count). The van der Waals surface area contributed by atoms with Crippen molar-refractivity contribution >= 4 is 0 Å². The molecule has 1 aliphatic carbocycles. The SMILES string of the molecule is COc1cccc(-c2noc(CN(C[C@@H]3CCOC3)C3CC3)n2)c1. The fourth-order valence-corrected chi connectivity index (χ4v) is 3.21. The topological polar surface area (TPSA) is 60.6 Å². The van der Waals surface area contributed by atoms with Gasteiger partial charge in [-0.15, -0.1) is 0 Å². The van der Waals surface area contributed by atoms with Crippen LogP contribution in [0, 0.1) is 5.92 Å². The van der Waals surface area contributed by atoms with Crippen molar-refractivity contribution in [3.63, 3.8) is 0 Å². The van der Waals surface area contributed by atoms with Crippen molar-refractivity contribution in [2.75, 3.05) is 26.9 Å². The molecule has 0 bridgehead atoms. The predicted octanol–water partition coefficient (Wildman–Crippen LogP) is 2.75. The van der Waals surface area contributed by atoms with E-state index in [1.165, 1.54) is 12.8 Å². The molecule has 2 aliphatic rings. The van der Waals surface area contributed by atoms with Crippen LogP contribution in [0.3, 0.4) is 0 Å². The molecule has 1 aromatic heterocycles. The third kappa shape index (κ3) is 3.60. The number of rotatable bonds is 7. The highest BCUT2D eigenvalue weighted by Crippen LogP contribution is 2.30. The predicted molar refractivity (Wildman–Crippen MR) is 88.6 cm³/mol. The van der Waals surface area contributed by atoms with E-state index in [0.29, 0.717) is 23.7 Å². The second-order valence-corrected chi connectivity index (χ2v) is 6.63. The maximum absolute atomic E-state index is 5.50. The minimum absolute atomic E-state index is 0.615. The Balaban J connectivity index is 1.45. The van der Waals surface area contributed by atoms with E-state index in [9.17, 15) is 0 Å². The minimum Gasteiger partial charge on any atom is -0.497 e. The average Bonchev–Trinajstić information content (AvgIpc) is 3.14. The summed E-state index contributed by atoms with van der Waals surface area (Å²) in [5, 5.41) is 4.13. The van der Waals surface area contributed by atoms with Gasteiger partial charge in [0.05, 0.1) is 20.3 Å². The summed E-state index contributed by atoms with van der Waals surface area (Å²) >= 11 is 0. The van der Waals surface area contributed by atoms with Crippen molar-refractivity contribution in [2.45, 2.75) is 31.8 Å². The van der Waals surface area contributed by atoms with E-state index in [2.05, 4.69) is 15.0 Å². The van der Waals surface area contributed by atoms with Gasteiger partial charge in [-0.2, -0.15) is 4.98 Å². The van der Waals surface area contributed by atoms with E-state index in [1.54, 1.807) is 7.11 Å². The molecule has 0 spiro atoms. The summed E-state index contributed by atoms with van der Waals surface area (Å²) in [6.07, 6.45) is 3.69. The lowest BCUT2D eigenvalue weighted by Crippen LogP contribution is -2.31. The summed E-state index contributed by atoms with van der Waals surface area (Å²) in [5.41, 5.74) is 0.909. The second kappa shape index (κ2) is 6.91. The Bertz CT molecular complexity index is 678. The zero-order valence-electron chi connectivity index (χ0n) is 14.0. The van der Waals surface area contributed by atoms with Gasteiger partial charge in [-0.1, -0.05) is 17.3 Å². The third-order valence-corrected chi connectivity index (χ3v) is 4.71. The molecule has 1 atom stereocenters. The molecule has 2 aromatic rings. The van der Waals surface area contributed by atoms with Crippen LogP contribution in [-0.4, -0.2) is 48.0 Å². The largest absolute Gasteiger partial charge is 0.497 e. The molecule has 6 nitrogen and oxygen atoms in total. The Hall–Kier alpha value is -1.92. The molecule has 0 unspecified atom stereocenters. The van der Waals surface area contributed by atoms with E-state index in [1.807, 2.05) is 24.3 Å². The summed E-state index contributed by atoms with van der Waals surface area (Å²) in [6.45, 7) is 3.55. The Morgan fingerprint density at radius 1 is 1.29 bits per heavy atom. The highest BCUT2D eigenvalue weighted by Gasteiger charge is 2.32. The number of methoxy groups -OCH3 is 1. The number of benzene rings is 1. The molecule has 0 radical (unpaired) electrons. The lowest BCUT2D eigenvalue weighted by Gasteiger charge is -2.22. The minimum atomic E-state index is 0.615. The van der Waals surface area contributed by atoms with Crippen molar-refractivity contribution in [3.8, 4) is 17.1 Å². The lowest BCUT2D eigenvalue weighted by molar-refractivity contribution is 0.153. The summed E-state index contributed by atoms with van der Waals surface area (Å²) in [5.74, 6) is 2.72. The smallest absolute Gasteiger partial charge is 0.241 e. The van der Waals surface area contributed by atoms with E-state index in [-0.39, 0.29) is 0 Å². The van der Waals surface area contributed by atoms with Crippen LogP contribution in [0.2, 0.25) is 0 Å². The maximum atomic E-state index is 5.50. The van der Waals surface area contributed by atoms with E-state index < -0.39 is 0 Å². The lowest BCUT2D eigenvalue weighted by atomic mass is 10.1. The van der Waals surface area contributed by atoms with Crippen molar-refractivity contribution < 1.29 is 14.0 Å². The number of ether oxygens (including phenoxy) is 2. The van der Waals surface area contributed by atoms with Gasteiger partial charge in [0.25, 0.3) is 0 Å². The van der Waals surface area contributed by atoms with Crippen molar-refractivity contribution in [2.24, 2.45) is 5.92 Å². The molecule has 1 aliphatic heterocycles. The van der Waals surface area contributed by atoms with E-state index in [0.717, 1.165) is 44.0 Å². The van der Waals surface area contributed by atoms with Crippen molar-refractivity contribution in [1.29, 1.82) is 0 Å². The molecule has 0 N–H and O–H groups in total. The van der Waals surface area contributed by atoms with Crippen LogP contribution in [-0.2, 0) is 11.3 Å². The fourth-order valence-electron chi connectivity index (χ4n) is 3.21. The van der Waals surface area contributed by atoms with Crippen molar-refractivity contribution in [3.05, 3.63) is 30.2 Å². The molecule has 6 heteroatoms. The Morgan fingerprint density at radius 3 is 2.96 bits per heavy atom. The van der Waals surface area contributed by atoms with Crippen LogP contribution in [0.5, 0.6) is 5.75 Å². The van der Waals surface area contributed by atoms with Gasteiger partial charge in [-0.3, -0.25) is 4.90 Å². The van der Waals surface area contributed by atoms with Crippen LogP contribution in [0.15, 0.2) is 28.8 Å². The Labute approximate surface area is 141 Å². The Morgan fingerprint density at radius 2 is 2.21 bits per heavy atom. The van der Waals surface area contributed by atoms with Gasteiger partial charge in [-0.05, 0) is 37.3 Å². The summed E-state index contributed by atoms with van der Waals surface area (Å²) in [6, 6.07) is 8.39. The molecule has 1 saturated carbocycles. The van der Waals surface area contributed by atoms with E-state index >= 15 is 0 Å². The van der Waals surface area contributed by atoms with Crippen LogP contribution in [0.1, 0.15) is 25.2 Å². The van der Waals surface area contributed by atoms with Gasteiger partial charge in [0.1, 0.15) is 5.75 Å². The quantitative estimate of drug-likeness (QED) is 0.778. The van der Waals surface area contributed by atoms with Gasteiger partial charge >= 0.3 is 0 Å². The van der Waals surface area contributed by atoms with Crippen molar-refractivity contribution in [1.82, 2.24) is 15.0 Å². The zero-order chi connectivity index (χ0) is 16.4. The highest BCUT2D eigenvalue weighted by atomic mass is 16.5. The summed E-state index contributed by atoms with van der Waals surface area (Å²) in [4.78, 5) is 7.05. The molecule has 128 valence electrons.